The molecule has 2 heterocycles. The van der Waals surface area contributed by atoms with Gasteiger partial charge < -0.3 is 15.4 Å². The largest absolute Gasteiger partial charge is 0.384 e. The second-order valence-corrected chi connectivity index (χ2v) is 8.20. The molecule has 8 heteroatoms. The van der Waals surface area contributed by atoms with Gasteiger partial charge in [-0.2, -0.15) is 0 Å². The van der Waals surface area contributed by atoms with Crippen LogP contribution in [0.4, 0.5) is 5.13 Å². The number of amides is 1. The number of nitrogens with one attached hydrogen (secondary N) is 2. The SMILES string of the molecule is COCC1(C(=O)Nc2nc(C)c(Cc3ccccc3Cl)s2)CCNCC1.Cl. The summed E-state index contributed by atoms with van der Waals surface area (Å²) in [6.45, 7) is 4.04. The van der Waals surface area contributed by atoms with Crippen LogP contribution >= 0.6 is 35.3 Å². The zero-order valence-corrected chi connectivity index (χ0v) is 17.9. The number of benzene rings is 1. The van der Waals surface area contributed by atoms with Crippen LogP contribution in [0.2, 0.25) is 5.02 Å². The Balaban J connectivity index is 0.00000261. The molecule has 1 aromatic carbocycles. The second-order valence-electron chi connectivity index (χ2n) is 6.71. The van der Waals surface area contributed by atoms with Gasteiger partial charge in [0.05, 0.1) is 17.7 Å². The normalized spacial score (nSPS) is 15.8. The van der Waals surface area contributed by atoms with Gasteiger partial charge in [-0.05, 0) is 44.5 Å². The summed E-state index contributed by atoms with van der Waals surface area (Å²) < 4.78 is 5.34. The fourth-order valence-electron chi connectivity index (χ4n) is 3.31. The number of hydrogen-bond donors (Lipinski definition) is 2. The van der Waals surface area contributed by atoms with E-state index in [1.165, 1.54) is 11.3 Å². The number of carbonyl (C=O) groups excluding carboxylic acids is 1. The maximum absolute atomic E-state index is 12.9. The summed E-state index contributed by atoms with van der Waals surface area (Å²) in [5.74, 6) is -0.00102. The van der Waals surface area contributed by atoms with E-state index >= 15 is 0 Å². The molecule has 27 heavy (non-hydrogen) atoms. The van der Waals surface area contributed by atoms with Crippen molar-refractivity contribution in [2.75, 3.05) is 32.1 Å². The molecule has 1 saturated heterocycles. The van der Waals surface area contributed by atoms with Gasteiger partial charge in [0.2, 0.25) is 5.91 Å². The number of halogens is 2. The predicted molar refractivity (Wildman–Crippen MR) is 113 cm³/mol. The molecule has 0 spiro atoms. The van der Waals surface area contributed by atoms with Crippen LogP contribution in [0.1, 0.15) is 29.0 Å². The highest BCUT2D eigenvalue weighted by Crippen LogP contribution is 2.33. The average Bonchev–Trinajstić information content (AvgIpc) is 2.97. The van der Waals surface area contributed by atoms with Crippen LogP contribution in [0.5, 0.6) is 0 Å². The number of carbonyl (C=O) groups is 1. The standard InChI is InChI=1S/C19H24ClN3O2S.ClH/c1-13-16(11-14-5-3-4-6-15(14)20)26-18(22-13)23-17(24)19(12-25-2)7-9-21-10-8-19;/h3-6,21H,7-12H2,1-2H3,(H,22,23,24);1H. The Morgan fingerprint density at radius 1 is 1.37 bits per heavy atom. The van der Waals surface area contributed by atoms with Gasteiger partial charge in [-0.3, -0.25) is 4.79 Å². The van der Waals surface area contributed by atoms with Crippen LogP contribution < -0.4 is 10.6 Å². The number of anilines is 1. The number of ether oxygens (including phenoxy) is 1. The number of thiazole rings is 1. The second kappa shape index (κ2) is 9.85. The lowest BCUT2D eigenvalue weighted by atomic mass is 9.79. The highest BCUT2D eigenvalue weighted by Gasteiger charge is 2.40. The summed E-state index contributed by atoms with van der Waals surface area (Å²) in [7, 11) is 1.65. The number of rotatable bonds is 6. The first-order valence-corrected chi connectivity index (χ1v) is 9.94. The predicted octanol–water partition coefficient (Wildman–Crippen LogP) is 4.07. The number of methoxy groups -OCH3 is 1. The van der Waals surface area contributed by atoms with Gasteiger partial charge in [0.25, 0.3) is 0 Å². The molecule has 0 radical (unpaired) electrons. The Morgan fingerprint density at radius 2 is 2.07 bits per heavy atom. The van der Waals surface area contributed by atoms with Gasteiger partial charge in [-0.15, -0.1) is 23.7 Å². The Morgan fingerprint density at radius 3 is 2.74 bits per heavy atom. The van der Waals surface area contributed by atoms with Crippen LogP contribution in [0.3, 0.4) is 0 Å². The van der Waals surface area contributed by atoms with Crippen molar-refractivity contribution in [3.8, 4) is 0 Å². The van der Waals surface area contributed by atoms with Crippen molar-refractivity contribution in [1.82, 2.24) is 10.3 Å². The Kier molecular flexibility index (Phi) is 8.06. The maximum Gasteiger partial charge on any atom is 0.234 e. The van der Waals surface area contributed by atoms with Gasteiger partial charge in [-0.25, -0.2) is 4.98 Å². The lowest BCUT2D eigenvalue weighted by Gasteiger charge is -2.35. The van der Waals surface area contributed by atoms with Gasteiger partial charge in [-0.1, -0.05) is 29.8 Å². The van der Waals surface area contributed by atoms with Crippen molar-refractivity contribution >= 4 is 46.4 Å². The topological polar surface area (TPSA) is 63.2 Å². The van der Waals surface area contributed by atoms with Crippen molar-refractivity contribution in [1.29, 1.82) is 0 Å². The van der Waals surface area contributed by atoms with Gasteiger partial charge >= 0.3 is 0 Å². The first-order chi connectivity index (χ1) is 12.5. The van der Waals surface area contributed by atoms with Gasteiger partial charge in [0.15, 0.2) is 5.13 Å². The van der Waals surface area contributed by atoms with Crippen molar-refractivity contribution in [2.24, 2.45) is 5.41 Å². The van der Waals surface area contributed by atoms with Crippen LogP contribution in [0.15, 0.2) is 24.3 Å². The minimum atomic E-state index is -0.484. The highest BCUT2D eigenvalue weighted by atomic mass is 35.5. The van der Waals surface area contributed by atoms with E-state index in [0.717, 1.165) is 47.1 Å². The van der Waals surface area contributed by atoms with E-state index in [9.17, 15) is 4.79 Å². The molecule has 2 aromatic rings. The molecule has 2 N–H and O–H groups in total. The molecule has 1 amide bonds. The third-order valence-electron chi connectivity index (χ3n) is 4.88. The highest BCUT2D eigenvalue weighted by molar-refractivity contribution is 7.15. The number of nitrogens with zero attached hydrogens (tertiary/aromatic N) is 1. The Hall–Kier alpha value is -1.18. The van der Waals surface area contributed by atoms with Crippen LogP contribution in [0, 0.1) is 12.3 Å². The van der Waals surface area contributed by atoms with Crippen molar-refractivity contribution in [2.45, 2.75) is 26.2 Å². The van der Waals surface area contributed by atoms with Crippen molar-refractivity contribution < 1.29 is 9.53 Å². The zero-order valence-electron chi connectivity index (χ0n) is 15.5. The van der Waals surface area contributed by atoms with E-state index in [4.69, 9.17) is 16.3 Å². The molecule has 0 unspecified atom stereocenters. The van der Waals surface area contributed by atoms with Crippen molar-refractivity contribution in [3.63, 3.8) is 0 Å². The molecule has 0 saturated carbocycles. The summed E-state index contributed by atoms with van der Waals surface area (Å²) in [6, 6.07) is 7.81. The molecular formula is C19H25Cl2N3O2S. The molecule has 0 bridgehead atoms. The minimum absolute atomic E-state index is 0. The molecule has 0 atom stereocenters. The summed E-state index contributed by atoms with van der Waals surface area (Å²) in [6.07, 6.45) is 2.25. The average molecular weight is 430 g/mol. The minimum Gasteiger partial charge on any atom is -0.384 e. The molecule has 0 aliphatic carbocycles. The van der Waals surface area contributed by atoms with Gasteiger partial charge in [0.1, 0.15) is 0 Å². The van der Waals surface area contributed by atoms with E-state index in [1.807, 2.05) is 31.2 Å². The molecule has 1 aromatic heterocycles. The molecule has 1 fully saturated rings. The first-order valence-electron chi connectivity index (χ1n) is 8.75. The third-order valence-corrected chi connectivity index (χ3v) is 6.33. The quantitative estimate of drug-likeness (QED) is 0.725. The first kappa shape index (κ1) is 22.1. The zero-order chi connectivity index (χ0) is 18.6. The number of piperidine rings is 1. The summed E-state index contributed by atoms with van der Waals surface area (Å²) in [5, 5.41) is 7.72. The van der Waals surface area contributed by atoms with E-state index in [2.05, 4.69) is 15.6 Å². The molecule has 1 aliphatic heterocycles. The summed E-state index contributed by atoms with van der Waals surface area (Å²) in [4.78, 5) is 18.6. The molecular weight excluding hydrogens is 405 g/mol. The van der Waals surface area contributed by atoms with Crippen molar-refractivity contribution in [3.05, 3.63) is 45.4 Å². The van der Waals surface area contributed by atoms with E-state index in [1.54, 1.807) is 7.11 Å². The van der Waals surface area contributed by atoms with E-state index in [0.29, 0.717) is 18.2 Å². The fourth-order valence-corrected chi connectivity index (χ4v) is 4.49. The summed E-state index contributed by atoms with van der Waals surface area (Å²) >= 11 is 7.78. The summed E-state index contributed by atoms with van der Waals surface area (Å²) in [5.41, 5.74) is 1.51. The van der Waals surface area contributed by atoms with Crippen LogP contribution in [-0.4, -0.2) is 37.7 Å². The smallest absolute Gasteiger partial charge is 0.234 e. The molecule has 1 aliphatic rings. The number of aryl methyl sites for hydroxylation is 1. The maximum atomic E-state index is 12.9. The third kappa shape index (κ3) is 5.21. The van der Waals surface area contributed by atoms with Crippen LogP contribution in [-0.2, 0) is 16.0 Å². The fraction of sp³-hybridized carbons (Fsp3) is 0.474. The van der Waals surface area contributed by atoms with Crippen LogP contribution in [0.25, 0.3) is 0 Å². The van der Waals surface area contributed by atoms with E-state index < -0.39 is 5.41 Å². The monoisotopic (exact) mass is 429 g/mol. The molecule has 148 valence electrons. The lowest BCUT2D eigenvalue weighted by molar-refractivity contribution is -0.130. The van der Waals surface area contributed by atoms with E-state index in [-0.39, 0.29) is 18.3 Å². The molecule has 3 rings (SSSR count). The number of hydrogen-bond acceptors (Lipinski definition) is 5. The Labute approximate surface area is 175 Å². The molecule has 5 nitrogen and oxygen atoms in total. The lowest BCUT2D eigenvalue weighted by Crippen LogP contribution is -2.47. The number of aromatic nitrogens is 1. The Bertz CT molecular complexity index is 771. The van der Waals surface area contributed by atoms with Gasteiger partial charge in [0, 0.05) is 23.4 Å².